The van der Waals surface area contributed by atoms with Gasteiger partial charge in [-0.05, 0) is 62.0 Å². The molecule has 0 aliphatic rings. The summed E-state index contributed by atoms with van der Waals surface area (Å²) in [5.74, 6) is 0.772. The van der Waals surface area contributed by atoms with E-state index in [0.29, 0.717) is 0 Å². The number of carbonyl (C=O) groups excluding carboxylic acids is 1. The lowest BCUT2D eigenvalue weighted by molar-refractivity contribution is 0.0562. The van der Waals surface area contributed by atoms with E-state index in [1.807, 2.05) is 39.0 Å². The van der Waals surface area contributed by atoms with Gasteiger partial charge in [0.1, 0.15) is 11.4 Å². The number of rotatable bonds is 3. The van der Waals surface area contributed by atoms with Crippen molar-refractivity contribution in [3.63, 3.8) is 0 Å². The van der Waals surface area contributed by atoms with E-state index >= 15 is 0 Å². The van der Waals surface area contributed by atoms with Crippen LogP contribution in [0.4, 0.5) is 4.79 Å². The summed E-state index contributed by atoms with van der Waals surface area (Å²) in [7, 11) is 1.62. The molecule has 0 radical (unpaired) electrons. The number of thioether (sulfide) groups is 1. The maximum absolute atomic E-state index is 11.3. The minimum atomic E-state index is -0.653. The minimum absolute atomic E-state index is 0.282. The van der Waals surface area contributed by atoms with Crippen LogP contribution in [-0.2, 0) is 10.3 Å². The molecule has 0 aliphatic heterocycles. The summed E-state index contributed by atoms with van der Waals surface area (Å²) in [5.41, 5.74) is 1.35. The highest BCUT2D eigenvalue weighted by Gasteiger charge is 2.25. The fraction of sp³-hybridized carbons (Fsp3) is 0.462. The normalized spacial score (nSPS) is 11.1. The third-order valence-electron chi connectivity index (χ3n) is 2.49. The number of hydrogen-bond acceptors (Lipinski definition) is 4. The number of aryl methyl sites for hydroxylation is 1. The Bertz CT molecular complexity index is 413. The highest BCUT2D eigenvalue weighted by Crippen LogP contribution is 2.30. The molecule has 0 N–H and O–H groups in total. The van der Waals surface area contributed by atoms with Crippen molar-refractivity contribution in [3.05, 3.63) is 29.3 Å². The molecular weight excluding hydrogens is 236 g/mol. The zero-order valence-electron chi connectivity index (χ0n) is 10.9. The zero-order valence-corrected chi connectivity index (χ0v) is 11.7. The first-order valence-corrected chi connectivity index (χ1v) is 6.54. The number of methoxy groups -OCH3 is 1. The van der Waals surface area contributed by atoms with E-state index in [0.717, 1.165) is 28.6 Å². The zero-order chi connectivity index (χ0) is 13.1. The molecule has 94 valence electrons. The smallest absolute Gasteiger partial charge is 0.367 e. The van der Waals surface area contributed by atoms with Gasteiger partial charge in [0.25, 0.3) is 0 Å². The SMILES string of the molecule is COc1cc(C)cc(C(C)(C)OC(=O)SC)c1. The Labute approximate surface area is 106 Å². The van der Waals surface area contributed by atoms with Gasteiger partial charge in [-0.3, -0.25) is 0 Å². The molecule has 0 bridgehead atoms. The summed E-state index contributed by atoms with van der Waals surface area (Å²) in [4.78, 5) is 11.3. The lowest BCUT2D eigenvalue weighted by Crippen LogP contribution is -2.23. The van der Waals surface area contributed by atoms with Gasteiger partial charge in [0.05, 0.1) is 7.11 Å². The van der Waals surface area contributed by atoms with Crippen molar-refractivity contribution < 1.29 is 14.3 Å². The number of benzene rings is 1. The third kappa shape index (κ3) is 3.66. The molecule has 0 unspecified atom stereocenters. The molecule has 4 heteroatoms. The van der Waals surface area contributed by atoms with Crippen molar-refractivity contribution in [2.75, 3.05) is 13.4 Å². The molecule has 3 nitrogen and oxygen atoms in total. The van der Waals surface area contributed by atoms with Crippen LogP contribution in [0.25, 0.3) is 0 Å². The second kappa shape index (κ2) is 5.45. The van der Waals surface area contributed by atoms with E-state index in [-0.39, 0.29) is 5.30 Å². The molecule has 0 atom stereocenters. The van der Waals surface area contributed by atoms with Crippen LogP contribution in [-0.4, -0.2) is 18.7 Å². The van der Waals surface area contributed by atoms with Crippen LogP contribution in [0.1, 0.15) is 25.0 Å². The number of ether oxygens (including phenoxy) is 2. The maximum atomic E-state index is 11.3. The summed E-state index contributed by atoms with van der Waals surface area (Å²) in [6.45, 7) is 5.73. The first-order valence-electron chi connectivity index (χ1n) is 5.32. The molecule has 0 aliphatic carbocycles. The van der Waals surface area contributed by atoms with Crippen LogP contribution in [0, 0.1) is 6.92 Å². The van der Waals surface area contributed by atoms with Crippen molar-refractivity contribution in [3.8, 4) is 5.75 Å². The first-order chi connectivity index (χ1) is 7.89. The molecule has 17 heavy (non-hydrogen) atoms. The van der Waals surface area contributed by atoms with Gasteiger partial charge in [-0.25, -0.2) is 4.79 Å². The molecule has 0 amide bonds. The Morgan fingerprint density at radius 2 is 1.94 bits per heavy atom. The second-order valence-electron chi connectivity index (χ2n) is 4.31. The van der Waals surface area contributed by atoms with E-state index in [1.54, 1.807) is 13.4 Å². The van der Waals surface area contributed by atoms with Gasteiger partial charge in [-0.15, -0.1) is 0 Å². The van der Waals surface area contributed by atoms with Crippen LogP contribution >= 0.6 is 11.8 Å². The van der Waals surface area contributed by atoms with Gasteiger partial charge in [0, 0.05) is 0 Å². The Kier molecular flexibility index (Phi) is 4.46. The van der Waals surface area contributed by atoms with Crippen LogP contribution < -0.4 is 4.74 Å². The van der Waals surface area contributed by atoms with E-state index in [4.69, 9.17) is 9.47 Å². The molecule has 0 spiro atoms. The van der Waals surface area contributed by atoms with Crippen LogP contribution in [0.3, 0.4) is 0 Å². The first kappa shape index (κ1) is 13.9. The monoisotopic (exact) mass is 254 g/mol. The van der Waals surface area contributed by atoms with Gasteiger partial charge in [-0.1, -0.05) is 6.07 Å². The molecule has 1 aromatic rings. The Balaban J connectivity index is 3.04. The predicted octanol–water partition coefficient (Wildman–Crippen LogP) is 3.74. The van der Waals surface area contributed by atoms with E-state index in [1.165, 1.54) is 0 Å². The highest BCUT2D eigenvalue weighted by molar-refractivity contribution is 8.12. The summed E-state index contributed by atoms with van der Waals surface area (Å²) in [6.07, 6.45) is 1.70. The number of hydrogen-bond donors (Lipinski definition) is 0. The molecule has 0 saturated carbocycles. The Morgan fingerprint density at radius 1 is 1.29 bits per heavy atom. The van der Waals surface area contributed by atoms with Crippen molar-refractivity contribution in [2.24, 2.45) is 0 Å². The Morgan fingerprint density at radius 3 is 2.47 bits per heavy atom. The Hall–Kier alpha value is -1.16. The number of carbonyl (C=O) groups is 1. The average Bonchev–Trinajstić information content (AvgIpc) is 2.27. The second-order valence-corrected chi connectivity index (χ2v) is 5.05. The fourth-order valence-electron chi connectivity index (χ4n) is 1.52. The van der Waals surface area contributed by atoms with Crippen LogP contribution in [0.2, 0.25) is 0 Å². The van der Waals surface area contributed by atoms with E-state index in [9.17, 15) is 4.79 Å². The topological polar surface area (TPSA) is 35.5 Å². The van der Waals surface area contributed by atoms with Gasteiger partial charge < -0.3 is 9.47 Å². The minimum Gasteiger partial charge on any atom is -0.497 e. The van der Waals surface area contributed by atoms with Crippen molar-refractivity contribution in [1.29, 1.82) is 0 Å². The third-order valence-corrected chi connectivity index (χ3v) is 2.90. The van der Waals surface area contributed by atoms with E-state index < -0.39 is 5.60 Å². The standard InChI is InChI=1S/C13H18O3S/c1-9-6-10(8-11(7-9)15-4)13(2,3)16-12(14)17-5/h6-8H,1-5H3. The van der Waals surface area contributed by atoms with Gasteiger partial charge in [0.2, 0.25) is 0 Å². The molecule has 0 heterocycles. The fourth-order valence-corrected chi connectivity index (χ4v) is 1.81. The lowest BCUT2D eigenvalue weighted by Gasteiger charge is -2.26. The lowest BCUT2D eigenvalue weighted by atomic mass is 9.96. The van der Waals surface area contributed by atoms with Gasteiger partial charge >= 0.3 is 5.30 Å². The molecular formula is C13H18O3S. The largest absolute Gasteiger partial charge is 0.497 e. The summed E-state index contributed by atoms with van der Waals surface area (Å²) >= 11 is 1.07. The van der Waals surface area contributed by atoms with Crippen molar-refractivity contribution in [2.45, 2.75) is 26.4 Å². The van der Waals surface area contributed by atoms with Gasteiger partial charge in [0.15, 0.2) is 0 Å². The highest BCUT2D eigenvalue weighted by atomic mass is 32.2. The molecule has 0 saturated heterocycles. The van der Waals surface area contributed by atoms with Gasteiger partial charge in [-0.2, -0.15) is 0 Å². The van der Waals surface area contributed by atoms with Crippen molar-refractivity contribution >= 4 is 17.1 Å². The quantitative estimate of drug-likeness (QED) is 0.770. The summed E-state index contributed by atoms with van der Waals surface area (Å²) in [5, 5.41) is -0.282. The van der Waals surface area contributed by atoms with Crippen LogP contribution in [0.15, 0.2) is 18.2 Å². The molecule has 1 aromatic carbocycles. The average molecular weight is 254 g/mol. The summed E-state index contributed by atoms with van der Waals surface area (Å²) < 4.78 is 10.6. The maximum Gasteiger partial charge on any atom is 0.367 e. The predicted molar refractivity (Wildman–Crippen MR) is 70.8 cm³/mol. The molecule has 0 aromatic heterocycles. The molecule has 1 rings (SSSR count). The molecule has 0 fully saturated rings. The van der Waals surface area contributed by atoms with Crippen LogP contribution in [0.5, 0.6) is 5.75 Å². The van der Waals surface area contributed by atoms with E-state index in [2.05, 4.69) is 0 Å². The van der Waals surface area contributed by atoms with Crippen molar-refractivity contribution in [1.82, 2.24) is 0 Å². The summed E-state index contributed by atoms with van der Waals surface area (Å²) in [6, 6.07) is 5.83.